The maximum atomic E-state index is 12.0. The molecule has 15 heavy (non-hydrogen) atoms. The Balaban J connectivity index is 2.21. The fourth-order valence-corrected chi connectivity index (χ4v) is 1.76. The molecular weight excluding hydrogens is 186 g/mol. The third-order valence-corrected chi connectivity index (χ3v) is 3.22. The molecule has 2 rings (SSSR count). The number of ketones is 1. The number of benzene rings is 1. The predicted molar refractivity (Wildman–Crippen MR) is 60.9 cm³/mol. The van der Waals surface area contributed by atoms with E-state index in [1.807, 2.05) is 32.0 Å². The van der Waals surface area contributed by atoms with Crippen LogP contribution in [-0.4, -0.2) is 11.8 Å². The number of Topliss-reactive ketones (excluding diaryl/α,β-unsaturated/α-hetero) is 1. The molecule has 0 bridgehead atoms. The SMILES string of the molecule is Cc1ccc(C(=O)C(N)C2CC2)cc1C. The summed E-state index contributed by atoms with van der Waals surface area (Å²) >= 11 is 0. The predicted octanol–water partition coefficient (Wildman–Crippen LogP) is 2.22. The van der Waals surface area contributed by atoms with E-state index >= 15 is 0 Å². The monoisotopic (exact) mass is 203 g/mol. The molecule has 0 amide bonds. The minimum atomic E-state index is -0.285. The molecule has 0 radical (unpaired) electrons. The number of nitrogens with two attached hydrogens (primary N) is 1. The quantitative estimate of drug-likeness (QED) is 0.765. The molecule has 80 valence electrons. The van der Waals surface area contributed by atoms with E-state index in [4.69, 9.17) is 5.73 Å². The van der Waals surface area contributed by atoms with Gasteiger partial charge < -0.3 is 5.73 Å². The van der Waals surface area contributed by atoms with Gasteiger partial charge in [-0.05, 0) is 49.8 Å². The summed E-state index contributed by atoms with van der Waals surface area (Å²) in [5, 5.41) is 0. The number of hydrogen-bond acceptors (Lipinski definition) is 2. The Labute approximate surface area is 90.5 Å². The van der Waals surface area contributed by atoms with Crippen LogP contribution in [0.25, 0.3) is 0 Å². The second kappa shape index (κ2) is 3.78. The lowest BCUT2D eigenvalue weighted by molar-refractivity contribution is 0.0951. The molecule has 0 aromatic heterocycles. The van der Waals surface area contributed by atoms with E-state index in [1.54, 1.807) is 0 Å². The van der Waals surface area contributed by atoms with Crippen molar-refractivity contribution in [2.45, 2.75) is 32.7 Å². The van der Waals surface area contributed by atoms with E-state index in [2.05, 4.69) is 0 Å². The molecule has 0 saturated heterocycles. The lowest BCUT2D eigenvalue weighted by atomic mass is 9.98. The molecular formula is C13H17NO. The van der Waals surface area contributed by atoms with Gasteiger partial charge in [0.05, 0.1) is 6.04 Å². The molecule has 1 aliphatic carbocycles. The smallest absolute Gasteiger partial charge is 0.179 e. The van der Waals surface area contributed by atoms with Gasteiger partial charge in [-0.15, -0.1) is 0 Å². The molecule has 1 aliphatic rings. The van der Waals surface area contributed by atoms with Crippen molar-refractivity contribution in [3.05, 3.63) is 34.9 Å². The van der Waals surface area contributed by atoms with Crippen molar-refractivity contribution < 1.29 is 4.79 Å². The Hall–Kier alpha value is -1.15. The first kappa shape index (κ1) is 10.4. The zero-order valence-electron chi connectivity index (χ0n) is 9.29. The molecule has 1 aromatic rings. The van der Waals surface area contributed by atoms with Crippen molar-refractivity contribution in [2.24, 2.45) is 11.7 Å². The van der Waals surface area contributed by atoms with Crippen LogP contribution in [-0.2, 0) is 0 Å². The van der Waals surface area contributed by atoms with E-state index in [1.165, 1.54) is 5.56 Å². The van der Waals surface area contributed by atoms with Crippen molar-refractivity contribution in [1.82, 2.24) is 0 Å². The van der Waals surface area contributed by atoms with Gasteiger partial charge in [0, 0.05) is 5.56 Å². The molecule has 1 atom stereocenters. The van der Waals surface area contributed by atoms with Crippen molar-refractivity contribution in [2.75, 3.05) is 0 Å². The van der Waals surface area contributed by atoms with Gasteiger partial charge in [-0.3, -0.25) is 4.79 Å². The van der Waals surface area contributed by atoms with Crippen molar-refractivity contribution >= 4 is 5.78 Å². The highest BCUT2D eigenvalue weighted by Gasteiger charge is 2.33. The number of hydrogen-bond donors (Lipinski definition) is 1. The van der Waals surface area contributed by atoms with Gasteiger partial charge in [0.1, 0.15) is 0 Å². The summed E-state index contributed by atoms with van der Waals surface area (Å²) < 4.78 is 0. The second-order valence-corrected chi connectivity index (χ2v) is 4.53. The molecule has 2 heteroatoms. The lowest BCUT2D eigenvalue weighted by Crippen LogP contribution is -2.32. The number of aryl methyl sites for hydroxylation is 2. The Morgan fingerprint density at radius 1 is 1.33 bits per heavy atom. The summed E-state index contributed by atoms with van der Waals surface area (Å²) in [7, 11) is 0. The van der Waals surface area contributed by atoms with Crippen LogP contribution in [0.1, 0.15) is 34.3 Å². The highest BCUT2D eigenvalue weighted by Crippen LogP contribution is 2.33. The molecule has 0 heterocycles. The average Bonchev–Trinajstić information content (AvgIpc) is 3.03. The van der Waals surface area contributed by atoms with Gasteiger partial charge in [0.2, 0.25) is 0 Å². The van der Waals surface area contributed by atoms with Crippen LogP contribution in [0.15, 0.2) is 18.2 Å². The zero-order chi connectivity index (χ0) is 11.0. The van der Waals surface area contributed by atoms with Crippen molar-refractivity contribution in [1.29, 1.82) is 0 Å². The van der Waals surface area contributed by atoms with Crippen molar-refractivity contribution in [3.8, 4) is 0 Å². The van der Waals surface area contributed by atoms with Crippen LogP contribution in [0.2, 0.25) is 0 Å². The highest BCUT2D eigenvalue weighted by atomic mass is 16.1. The van der Waals surface area contributed by atoms with Crippen LogP contribution >= 0.6 is 0 Å². The molecule has 1 fully saturated rings. The Morgan fingerprint density at radius 2 is 2.00 bits per heavy atom. The normalized spacial score (nSPS) is 17.5. The van der Waals surface area contributed by atoms with Gasteiger partial charge in [-0.25, -0.2) is 0 Å². The van der Waals surface area contributed by atoms with E-state index in [0.29, 0.717) is 5.92 Å². The maximum absolute atomic E-state index is 12.0. The molecule has 1 saturated carbocycles. The summed E-state index contributed by atoms with van der Waals surface area (Å²) in [6.07, 6.45) is 2.22. The fraction of sp³-hybridized carbons (Fsp3) is 0.462. The maximum Gasteiger partial charge on any atom is 0.179 e. The van der Waals surface area contributed by atoms with Crippen LogP contribution in [0, 0.1) is 19.8 Å². The molecule has 1 unspecified atom stereocenters. The minimum absolute atomic E-state index is 0.0978. The summed E-state index contributed by atoms with van der Waals surface area (Å²) in [6.45, 7) is 4.07. The van der Waals surface area contributed by atoms with Crippen LogP contribution in [0.4, 0.5) is 0 Å². The van der Waals surface area contributed by atoms with Gasteiger partial charge in [-0.2, -0.15) is 0 Å². The molecule has 0 spiro atoms. The summed E-state index contributed by atoms with van der Waals surface area (Å²) in [4.78, 5) is 12.0. The van der Waals surface area contributed by atoms with E-state index in [0.717, 1.165) is 24.0 Å². The minimum Gasteiger partial charge on any atom is -0.321 e. The first-order valence-electron chi connectivity index (χ1n) is 5.46. The third-order valence-electron chi connectivity index (χ3n) is 3.22. The van der Waals surface area contributed by atoms with Crippen LogP contribution in [0.5, 0.6) is 0 Å². The molecule has 1 aromatic carbocycles. The molecule has 2 N–H and O–H groups in total. The van der Waals surface area contributed by atoms with Crippen LogP contribution < -0.4 is 5.73 Å². The summed E-state index contributed by atoms with van der Waals surface area (Å²) in [6, 6.07) is 5.53. The number of carbonyl (C=O) groups excluding carboxylic acids is 1. The van der Waals surface area contributed by atoms with Crippen LogP contribution in [0.3, 0.4) is 0 Å². The van der Waals surface area contributed by atoms with E-state index in [9.17, 15) is 4.79 Å². The Kier molecular flexibility index (Phi) is 2.61. The van der Waals surface area contributed by atoms with Gasteiger partial charge in [0.15, 0.2) is 5.78 Å². The first-order valence-corrected chi connectivity index (χ1v) is 5.46. The highest BCUT2D eigenvalue weighted by molar-refractivity contribution is 6.00. The largest absolute Gasteiger partial charge is 0.321 e. The Morgan fingerprint density at radius 3 is 2.53 bits per heavy atom. The molecule has 2 nitrogen and oxygen atoms in total. The third kappa shape index (κ3) is 2.10. The van der Waals surface area contributed by atoms with E-state index < -0.39 is 0 Å². The number of rotatable bonds is 3. The number of carbonyl (C=O) groups is 1. The zero-order valence-corrected chi connectivity index (χ0v) is 9.29. The van der Waals surface area contributed by atoms with E-state index in [-0.39, 0.29) is 11.8 Å². The topological polar surface area (TPSA) is 43.1 Å². The fourth-order valence-electron chi connectivity index (χ4n) is 1.76. The first-order chi connectivity index (χ1) is 7.09. The van der Waals surface area contributed by atoms with Gasteiger partial charge in [-0.1, -0.05) is 12.1 Å². The lowest BCUT2D eigenvalue weighted by Gasteiger charge is -2.10. The Bertz CT molecular complexity index is 394. The standard InChI is InChI=1S/C13H17NO/c1-8-3-4-11(7-9(8)2)13(15)12(14)10-5-6-10/h3-4,7,10,12H,5-6,14H2,1-2H3. The van der Waals surface area contributed by atoms with Crippen molar-refractivity contribution in [3.63, 3.8) is 0 Å². The average molecular weight is 203 g/mol. The summed E-state index contributed by atoms with van der Waals surface area (Å²) in [5.74, 6) is 0.528. The molecule has 0 aliphatic heterocycles. The second-order valence-electron chi connectivity index (χ2n) is 4.53. The van der Waals surface area contributed by atoms with Gasteiger partial charge in [0.25, 0.3) is 0 Å². The summed E-state index contributed by atoms with van der Waals surface area (Å²) in [5.41, 5.74) is 9.03. The van der Waals surface area contributed by atoms with Gasteiger partial charge >= 0.3 is 0 Å².